The minimum Gasteiger partial charge on any atom is -0.310 e. The van der Waals surface area contributed by atoms with Gasteiger partial charge in [-0.25, -0.2) is 4.98 Å². The smallest absolute Gasteiger partial charge is 0.107 e. The van der Waals surface area contributed by atoms with Crippen molar-refractivity contribution in [3.63, 3.8) is 0 Å². The van der Waals surface area contributed by atoms with E-state index >= 15 is 0 Å². The summed E-state index contributed by atoms with van der Waals surface area (Å²) < 4.78 is 0. The molecule has 1 unspecified atom stereocenters. The number of nitrogens with zero attached hydrogens (tertiary/aromatic N) is 1. The van der Waals surface area contributed by atoms with Crippen LogP contribution in [0.2, 0.25) is 0 Å². The summed E-state index contributed by atoms with van der Waals surface area (Å²) in [5.41, 5.74) is 2.77. The van der Waals surface area contributed by atoms with E-state index in [1.54, 1.807) is 11.3 Å². The molecule has 0 radical (unpaired) electrons. The molecule has 1 N–H and O–H groups in total. The van der Waals surface area contributed by atoms with Crippen LogP contribution in [0.15, 0.2) is 35.7 Å². The summed E-state index contributed by atoms with van der Waals surface area (Å²) in [5, 5.41) is 6.89. The van der Waals surface area contributed by atoms with Gasteiger partial charge in [0.1, 0.15) is 5.01 Å². The van der Waals surface area contributed by atoms with Crippen molar-refractivity contribution in [2.45, 2.75) is 52.0 Å². The highest BCUT2D eigenvalue weighted by molar-refractivity contribution is 7.09. The summed E-state index contributed by atoms with van der Waals surface area (Å²) in [6.45, 7) is 10.8. The van der Waals surface area contributed by atoms with Crippen molar-refractivity contribution in [3.8, 4) is 0 Å². The van der Waals surface area contributed by atoms with E-state index in [2.05, 4.69) is 68.7 Å². The van der Waals surface area contributed by atoms with Crippen LogP contribution < -0.4 is 5.32 Å². The molecule has 1 aromatic heterocycles. The quantitative estimate of drug-likeness (QED) is 0.781. The number of hydrogen-bond acceptors (Lipinski definition) is 3. The molecule has 0 aliphatic carbocycles. The van der Waals surface area contributed by atoms with Crippen LogP contribution >= 0.6 is 11.3 Å². The van der Waals surface area contributed by atoms with E-state index in [4.69, 9.17) is 4.98 Å². The Hall–Kier alpha value is -1.19. The van der Waals surface area contributed by atoms with Crippen molar-refractivity contribution in [1.82, 2.24) is 10.3 Å². The number of aromatic nitrogens is 1. The van der Waals surface area contributed by atoms with Crippen LogP contribution in [0.1, 0.15) is 56.3 Å². The van der Waals surface area contributed by atoms with E-state index in [1.807, 2.05) is 0 Å². The molecule has 0 bridgehead atoms. The van der Waals surface area contributed by atoms with Gasteiger partial charge in [-0.2, -0.15) is 0 Å². The number of nitrogens with one attached hydrogen (secondary N) is 1. The zero-order chi connectivity index (χ0) is 15.3. The highest BCUT2D eigenvalue weighted by Crippen LogP contribution is 2.23. The SMILES string of the molecule is CC(CCNCc1nc(C(C)(C)C)cs1)c1ccccc1. The van der Waals surface area contributed by atoms with Gasteiger partial charge in [0.25, 0.3) is 0 Å². The molecule has 2 aromatic rings. The Labute approximate surface area is 132 Å². The normalized spacial score (nSPS) is 13.3. The van der Waals surface area contributed by atoms with Crippen molar-refractivity contribution in [3.05, 3.63) is 52.0 Å². The monoisotopic (exact) mass is 302 g/mol. The van der Waals surface area contributed by atoms with Crippen LogP contribution in [0.5, 0.6) is 0 Å². The zero-order valence-electron chi connectivity index (χ0n) is 13.5. The van der Waals surface area contributed by atoms with Crippen LogP contribution in [-0.4, -0.2) is 11.5 Å². The van der Waals surface area contributed by atoms with E-state index in [1.165, 1.54) is 16.3 Å². The summed E-state index contributed by atoms with van der Waals surface area (Å²) in [7, 11) is 0. The van der Waals surface area contributed by atoms with E-state index < -0.39 is 0 Å². The molecule has 0 saturated carbocycles. The second kappa shape index (κ2) is 7.19. The fourth-order valence-corrected chi connectivity index (χ4v) is 3.19. The lowest BCUT2D eigenvalue weighted by atomic mass is 9.93. The molecular formula is C18H26N2S. The van der Waals surface area contributed by atoms with Crippen LogP contribution in [0.4, 0.5) is 0 Å². The lowest BCUT2D eigenvalue weighted by Crippen LogP contribution is -2.17. The molecule has 2 rings (SSSR count). The fourth-order valence-electron chi connectivity index (χ4n) is 2.20. The average Bonchev–Trinajstić information content (AvgIpc) is 2.93. The average molecular weight is 302 g/mol. The maximum Gasteiger partial charge on any atom is 0.107 e. The first-order valence-electron chi connectivity index (χ1n) is 7.67. The second-order valence-electron chi connectivity index (χ2n) is 6.65. The highest BCUT2D eigenvalue weighted by Gasteiger charge is 2.17. The predicted octanol–water partition coefficient (Wildman–Crippen LogP) is 4.72. The number of rotatable bonds is 6. The van der Waals surface area contributed by atoms with Crippen LogP contribution in [0, 0.1) is 0 Å². The minimum atomic E-state index is 0.149. The van der Waals surface area contributed by atoms with Gasteiger partial charge in [-0.15, -0.1) is 11.3 Å². The molecule has 0 aliphatic rings. The topological polar surface area (TPSA) is 24.9 Å². The number of benzene rings is 1. The first kappa shape index (κ1) is 16.2. The van der Waals surface area contributed by atoms with Crippen molar-refractivity contribution in [2.75, 3.05) is 6.54 Å². The summed E-state index contributed by atoms with van der Waals surface area (Å²) in [5.74, 6) is 0.597. The molecule has 0 fully saturated rings. The largest absolute Gasteiger partial charge is 0.310 e. The molecule has 21 heavy (non-hydrogen) atoms. The molecule has 2 nitrogen and oxygen atoms in total. The van der Waals surface area contributed by atoms with Gasteiger partial charge in [-0.3, -0.25) is 0 Å². The summed E-state index contributed by atoms with van der Waals surface area (Å²) in [4.78, 5) is 4.71. The maximum atomic E-state index is 4.71. The molecule has 1 heterocycles. The van der Waals surface area contributed by atoms with Gasteiger partial charge in [-0.05, 0) is 24.4 Å². The molecular weight excluding hydrogens is 276 g/mol. The Kier molecular flexibility index (Phi) is 5.54. The molecule has 0 aliphatic heterocycles. The fraction of sp³-hybridized carbons (Fsp3) is 0.500. The molecule has 0 saturated heterocycles. The van der Waals surface area contributed by atoms with E-state index in [0.29, 0.717) is 5.92 Å². The van der Waals surface area contributed by atoms with E-state index in [-0.39, 0.29) is 5.41 Å². The third-order valence-corrected chi connectivity index (χ3v) is 4.57. The van der Waals surface area contributed by atoms with E-state index in [0.717, 1.165) is 19.5 Å². The van der Waals surface area contributed by atoms with Crippen molar-refractivity contribution in [2.24, 2.45) is 0 Å². The lowest BCUT2D eigenvalue weighted by molar-refractivity contribution is 0.563. The van der Waals surface area contributed by atoms with Crippen LogP contribution in [0.25, 0.3) is 0 Å². The summed E-state index contributed by atoms with van der Waals surface area (Å²) in [6, 6.07) is 10.7. The van der Waals surface area contributed by atoms with Crippen LogP contribution in [0.3, 0.4) is 0 Å². The molecule has 114 valence electrons. The summed E-state index contributed by atoms with van der Waals surface area (Å²) >= 11 is 1.76. The van der Waals surface area contributed by atoms with Gasteiger partial charge in [0.15, 0.2) is 0 Å². The predicted molar refractivity (Wildman–Crippen MR) is 92.0 cm³/mol. The Morgan fingerprint density at radius 1 is 1.19 bits per heavy atom. The molecule has 0 amide bonds. The number of hydrogen-bond donors (Lipinski definition) is 1. The first-order chi connectivity index (χ1) is 9.97. The van der Waals surface area contributed by atoms with Gasteiger partial charge in [0.2, 0.25) is 0 Å². The third kappa shape index (κ3) is 4.94. The van der Waals surface area contributed by atoms with Crippen molar-refractivity contribution in [1.29, 1.82) is 0 Å². The Bertz CT molecular complexity index is 540. The van der Waals surface area contributed by atoms with Crippen LogP contribution in [-0.2, 0) is 12.0 Å². The first-order valence-corrected chi connectivity index (χ1v) is 8.55. The lowest BCUT2D eigenvalue weighted by Gasteiger charge is -2.14. The molecule has 3 heteroatoms. The van der Waals surface area contributed by atoms with Gasteiger partial charge in [0.05, 0.1) is 5.69 Å². The van der Waals surface area contributed by atoms with Gasteiger partial charge >= 0.3 is 0 Å². The molecule has 1 aromatic carbocycles. The van der Waals surface area contributed by atoms with Gasteiger partial charge in [-0.1, -0.05) is 58.0 Å². The number of thiazole rings is 1. The maximum absolute atomic E-state index is 4.71. The van der Waals surface area contributed by atoms with Gasteiger partial charge < -0.3 is 5.32 Å². The zero-order valence-corrected chi connectivity index (χ0v) is 14.3. The Balaban J connectivity index is 1.74. The van der Waals surface area contributed by atoms with Gasteiger partial charge in [0, 0.05) is 17.3 Å². The molecule has 1 atom stereocenters. The van der Waals surface area contributed by atoms with Crippen molar-refractivity contribution < 1.29 is 0 Å². The third-order valence-electron chi connectivity index (χ3n) is 3.72. The minimum absolute atomic E-state index is 0.149. The Morgan fingerprint density at radius 3 is 2.52 bits per heavy atom. The second-order valence-corrected chi connectivity index (χ2v) is 7.60. The molecule has 0 spiro atoms. The van der Waals surface area contributed by atoms with E-state index in [9.17, 15) is 0 Å². The highest BCUT2D eigenvalue weighted by atomic mass is 32.1. The Morgan fingerprint density at radius 2 is 1.90 bits per heavy atom. The standard InChI is InChI=1S/C18H26N2S/c1-14(15-8-6-5-7-9-15)10-11-19-12-17-20-16(13-21-17)18(2,3)4/h5-9,13-14,19H,10-12H2,1-4H3. The summed E-state index contributed by atoms with van der Waals surface area (Å²) in [6.07, 6.45) is 1.15. The van der Waals surface area contributed by atoms with Crippen molar-refractivity contribution >= 4 is 11.3 Å².